The number of aromatic hydroxyl groups is 1. The van der Waals surface area contributed by atoms with E-state index in [0.29, 0.717) is 18.6 Å². The molecule has 0 unspecified atom stereocenters. The van der Waals surface area contributed by atoms with Crippen LogP contribution in [0.3, 0.4) is 0 Å². The normalized spacial score (nSPS) is 24.4. The molecule has 1 aromatic rings. The van der Waals surface area contributed by atoms with Crippen molar-refractivity contribution in [1.29, 1.82) is 0 Å². The molecular formula is C14H21FN2O. The highest BCUT2D eigenvalue weighted by Gasteiger charge is 2.22. The summed E-state index contributed by atoms with van der Waals surface area (Å²) in [7, 11) is 2.05. The molecule has 18 heavy (non-hydrogen) atoms. The van der Waals surface area contributed by atoms with Gasteiger partial charge in [0.25, 0.3) is 0 Å². The van der Waals surface area contributed by atoms with E-state index < -0.39 is 0 Å². The fourth-order valence-corrected chi connectivity index (χ4v) is 2.68. The molecule has 0 heterocycles. The summed E-state index contributed by atoms with van der Waals surface area (Å²) in [6.45, 7) is 0.658. The Labute approximate surface area is 107 Å². The second-order valence-corrected chi connectivity index (χ2v) is 5.30. The Bertz CT molecular complexity index is 383. The lowest BCUT2D eigenvalue weighted by Crippen LogP contribution is -2.38. The van der Waals surface area contributed by atoms with E-state index in [1.165, 1.54) is 6.07 Å². The van der Waals surface area contributed by atoms with E-state index in [2.05, 4.69) is 4.90 Å². The van der Waals surface area contributed by atoms with Crippen molar-refractivity contribution in [3.63, 3.8) is 0 Å². The average molecular weight is 252 g/mol. The van der Waals surface area contributed by atoms with Crippen molar-refractivity contribution in [3.05, 3.63) is 29.6 Å². The van der Waals surface area contributed by atoms with Gasteiger partial charge < -0.3 is 10.8 Å². The predicted octanol–water partition coefficient (Wildman–Crippen LogP) is 2.23. The molecule has 2 rings (SSSR count). The first-order valence-corrected chi connectivity index (χ1v) is 6.49. The van der Waals surface area contributed by atoms with Crippen LogP contribution >= 0.6 is 0 Å². The molecule has 4 heteroatoms. The lowest BCUT2D eigenvalue weighted by Gasteiger charge is -2.33. The zero-order valence-corrected chi connectivity index (χ0v) is 10.8. The van der Waals surface area contributed by atoms with E-state index in [4.69, 9.17) is 5.73 Å². The standard InChI is InChI=1S/C14H21FN2O/c1-17(13-4-2-12(16)3-5-13)9-10-6-11(15)8-14(18)7-10/h6-8,12-13,18H,2-5,9,16H2,1H3. The summed E-state index contributed by atoms with van der Waals surface area (Å²) in [4.78, 5) is 2.22. The largest absolute Gasteiger partial charge is 0.508 e. The third-order valence-electron chi connectivity index (χ3n) is 3.74. The maximum atomic E-state index is 13.2. The molecule has 1 aliphatic rings. The summed E-state index contributed by atoms with van der Waals surface area (Å²) in [6.07, 6.45) is 4.31. The first kappa shape index (κ1) is 13.3. The van der Waals surface area contributed by atoms with Crippen molar-refractivity contribution >= 4 is 0 Å². The van der Waals surface area contributed by atoms with Gasteiger partial charge in [0.05, 0.1) is 0 Å². The van der Waals surface area contributed by atoms with Crippen LogP contribution in [0.5, 0.6) is 5.75 Å². The van der Waals surface area contributed by atoms with Gasteiger partial charge in [-0.3, -0.25) is 4.90 Å². The number of rotatable bonds is 3. The topological polar surface area (TPSA) is 49.5 Å². The molecule has 0 spiro atoms. The Morgan fingerprint density at radius 1 is 1.28 bits per heavy atom. The Kier molecular flexibility index (Phi) is 4.19. The smallest absolute Gasteiger partial charge is 0.127 e. The van der Waals surface area contributed by atoms with Crippen LogP contribution in [0.25, 0.3) is 0 Å². The van der Waals surface area contributed by atoms with E-state index in [9.17, 15) is 9.50 Å². The number of phenolic OH excluding ortho intramolecular Hbond substituents is 1. The molecule has 1 aromatic carbocycles. The minimum absolute atomic E-state index is 0.0101. The number of hydrogen-bond donors (Lipinski definition) is 2. The summed E-state index contributed by atoms with van der Waals surface area (Å²) in [5, 5.41) is 9.38. The van der Waals surface area contributed by atoms with E-state index >= 15 is 0 Å². The molecule has 1 fully saturated rings. The van der Waals surface area contributed by atoms with Crippen LogP contribution < -0.4 is 5.73 Å². The van der Waals surface area contributed by atoms with Crippen LogP contribution in [-0.2, 0) is 6.54 Å². The molecule has 0 amide bonds. The van der Waals surface area contributed by atoms with Gasteiger partial charge in [-0.25, -0.2) is 4.39 Å². The van der Waals surface area contributed by atoms with Crippen molar-refractivity contribution in [2.24, 2.45) is 5.73 Å². The minimum Gasteiger partial charge on any atom is -0.508 e. The number of benzene rings is 1. The molecule has 3 nitrogen and oxygen atoms in total. The van der Waals surface area contributed by atoms with Crippen LogP contribution in [0.1, 0.15) is 31.2 Å². The van der Waals surface area contributed by atoms with Gasteiger partial charge in [0.15, 0.2) is 0 Å². The highest BCUT2D eigenvalue weighted by molar-refractivity contribution is 5.28. The summed E-state index contributed by atoms with van der Waals surface area (Å²) in [5.41, 5.74) is 6.70. The van der Waals surface area contributed by atoms with Crippen molar-refractivity contribution < 1.29 is 9.50 Å². The van der Waals surface area contributed by atoms with Crippen molar-refractivity contribution in [1.82, 2.24) is 4.90 Å². The minimum atomic E-state index is -0.385. The summed E-state index contributed by atoms with van der Waals surface area (Å²) >= 11 is 0. The van der Waals surface area contributed by atoms with Crippen LogP contribution in [0.2, 0.25) is 0 Å². The molecule has 0 atom stereocenters. The highest BCUT2D eigenvalue weighted by Crippen LogP contribution is 2.23. The van der Waals surface area contributed by atoms with Gasteiger partial charge in [-0.2, -0.15) is 0 Å². The molecule has 0 bridgehead atoms. The average Bonchev–Trinajstić information content (AvgIpc) is 2.28. The Morgan fingerprint density at radius 2 is 1.94 bits per heavy atom. The SMILES string of the molecule is CN(Cc1cc(O)cc(F)c1)C1CCC(N)CC1. The summed E-state index contributed by atoms with van der Waals surface area (Å²) in [6, 6.07) is 5.07. The van der Waals surface area contributed by atoms with Crippen LogP contribution in [0, 0.1) is 5.82 Å². The van der Waals surface area contributed by atoms with Gasteiger partial charge in [-0.05, 0) is 50.4 Å². The van der Waals surface area contributed by atoms with E-state index in [1.807, 2.05) is 7.05 Å². The number of phenols is 1. The maximum Gasteiger partial charge on any atom is 0.127 e. The second-order valence-electron chi connectivity index (χ2n) is 5.30. The summed E-state index contributed by atoms with van der Waals surface area (Å²) in [5.74, 6) is -0.395. The zero-order chi connectivity index (χ0) is 13.1. The molecule has 0 saturated heterocycles. The number of hydrogen-bond acceptors (Lipinski definition) is 3. The second kappa shape index (κ2) is 5.67. The lowest BCUT2D eigenvalue weighted by atomic mass is 9.91. The van der Waals surface area contributed by atoms with Crippen LogP contribution in [0.4, 0.5) is 4.39 Å². The Hall–Kier alpha value is -1.13. The fourth-order valence-electron chi connectivity index (χ4n) is 2.68. The number of nitrogens with zero attached hydrogens (tertiary/aromatic N) is 1. The quantitative estimate of drug-likeness (QED) is 0.867. The van der Waals surface area contributed by atoms with Gasteiger partial charge in [-0.1, -0.05) is 0 Å². The van der Waals surface area contributed by atoms with Gasteiger partial charge in [0, 0.05) is 24.7 Å². The first-order chi connectivity index (χ1) is 8.54. The monoisotopic (exact) mass is 252 g/mol. The number of halogens is 1. The zero-order valence-electron chi connectivity index (χ0n) is 10.8. The van der Waals surface area contributed by atoms with Crippen LogP contribution in [0.15, 0.2) is 18.2 Å². The maximum absolute atomic E-state index is 13.2. The van der Waals surface area contributed by atoms with E-state index in [-0.39, 0.29) is 11.6 Å². The molecule has 0 aromatic heterocycles. The predicted molar refractivity (Wildman–Crippen MR) is 69.8 cm³/mol. The molecule has 1 aliphatic carbocycles. The van der Waals surface area contributed by atoms with Gasteiger partial charge >= 0.3 is 0 Å². The van der Waals surface area contributed by atoms with Crippen molar-refractivity contribution in [2.45, 2.75) is 44.3 Å². The lowest BCUT2D eigenvalue weighted by molar-refractivity contribution is 0.176. The number of nitrogens with two attached hydrogens (primary N) is 1. The van der Waals surface area contributed by atoms with Crippen molar-refractivity contribution in [2.75, 3.05) is 7.05 Å². The highest BCUT2D eigenvalue weighted by atomic mass is 19.1. The van der Waals surface area contributed by atoms with Gasteiger partial charge in [0.2, 0.25) is 0 Å². The van der Waals surface area contributed by atoms with Crippen LogP contribution in [-0.4, -0.2) is 29.1 Å². The Balaban J connectivity index is 1.96. The molecule has 3 N–H and O–H groups in total. The molecule has 0 radical (unpaired) electrons. The van der Waals surface area contributed by atoms with E-state index in [0.717, 1.165) is 37.3 Å². The first-order valence-electron chi connectivity index (χ1n) is 6.49. The van der Waals surface area contributed by atoms with Crippen molar-refractivity contribution in [3.8, 4) is 5.75 Å². The Morgan fingerprint density at radius 3 is 2.56 bits per heavy atom. The van der Waals surface area contributed by atoms with Gasteiger partial charge in [0.1, 0.15) is 11.6 Å². The third-order valence-corrected chi connectivity index (χ3v) is 3.74. The molecule has 0 aliphatic heterocycles. The molecular weight excluding hydrogens is 231 g/mol. The van der Waals surface area contributed by atoms with Gasteiger partial charge in [-0.15, -0.1) is 0 Å². The fraction of sp³-hybridized carbons (Fsp3) is 0.571. The summed E-state index contributed by atoms with van der Waals surface area (Å²) < 4.78 is 13.2. The third kappa shape index (κ3) is 3.43. The molecule has 100 valence electrons. The molecule has 1 saturated carbocycles. The van der Waals surface area contributed by atoms with E-state index in [1.54, 1.807) is 6.07 Å².